The molecule has 0 amide bonds. The van der Waals surface area contributed by atoms with Gasteiger partial charge in [0.2, 0.25) is 5.89 Å². The maximum Gasteiger partial charge on any atom is 0.227 e. The highest BCUT2D eigenvalue weighted by atomic mass is 32.1. The van der Waals surface area contributed by atoms with Crippen molar-refractivity contribution in [3.8, 4) is 56.7 Å². The second-order valence-electron chi connectivity index (χ2n) is 12.2. The van der Waals surface area contributed by atoms with E-state index in [4.69, 9.17) is 24.4 Å². The Balaban J connectivity index is 1.23. The van der Waals surface area contributed by atoms with Crippen molar-refractivity contribution in [3.63, 3.8) is 0 Å². The zero-order valence-corrected chi connectivity index (χ0v) is 27.4. The summed E-state index contributed by atoms with van der Waals surface area (Å²) in [6.45, 7) is 0. The summed E-state index contributed by atoms with van der Waals surface area (Å²) in [5.74, 6) is 2.46. The van der Waals surface area contributed by atoms with E-state index in [1.807, 2.05) is 66.7 Å². The molecule has 0 aliphatic carbocycles. The number of rotatable bonds is 5. The highest BCUT2D eigenvalue weighted by Crippen LogP contribution is 2.46. The number of hydrogen-bond acceptors (Lipinski definition) is 6. The molecule has 0 saturated heterocycles. The van der Waals surface area contributed by atoms with Crippen LogP contribution < -0.4 is 0 Å². The van der Waals surface area contributed by atoms with Crippen molar-refractivity contribution in [1.82, 2.24) is 19.9 Å². The lowest BCUT2D eigenvalue weighted by Gasteiger charge is -2.13. The molecule has 0 unspecified atom stereocenters. The fourth-order valence-corrected chi connectivity index (χ4v) is 8.00. The summed E-state index contributed by atoms with van der Waals surface area (Å²) in [7, 11) is 0. The summed E-state index contributed by atoms with van der Waals surface area (Å²) >= 11 is 1.77. The van der Waals surface area contributed by atoms with E-state index in [0.29, 0.717) is 23.4 Å². The lowest BCUT2D eigenvalue weighted by molar-refractivity contribution is 0.620. The summed E-state index contributed by atoms with van der Waals surface area (Å²) in [5, 5.41) is 4.56. The van der Waals surface area contributed by atoms with Gasteiger partial charge in [0, 0.05) is 48.0 Å². The molecule has 3 aromatic heterocycles. The first-order chi connectivity index (χ1) is 24.8. The molecule has 10 aromatic rings. The Bertz CT molecular complexity index is 2880. The Morgan fingerprint density at radius 2 is 1.08 bits per heavy atom. The molecular formula is C44H26N4OS. The topological polar surface area (TPSA) is 64.7 Å². The van der Waals surface area contributed by atoms with Gasteiger partial charge >= 0.3 is 0 Å². The van der Waals surface area contributed by atoms with Gasteiger partial charge in [-0.05, 0) is 46.7 Å². The molecule has 0 bridgehead atoms. The van der Waals surface area contributed by atoms with Gasteiger partial charge in [-0.1, -0.05) is 127 Å². The average molecular weight is 659 g/mol. The first-order valence-electron chi connectivity index (χ1n) is 16.5. The smallest absolute Gasteiger partial charge is 0.227 e. The van der Waals surface area contributed by atoms with Crippen molar-refractivity contribution in [2.45, 2.75) is 0 Å². The van der Waals surface area contributed by atoms with Gasteiger partial charge < -0.3 is 4.42 Å². The van der Waals surface area contributed by atoms with Gasteiger partial charge in [-0.2, -0.15) is 0 Å². The van der Waals surface area contributed by atoms with Crippen LogP contribution in [0.2, 0.25) is 0 Å². The third-order valence-electron chi connectivity index (χ3n) is 9.16. The monoisotopic (exact) mass is 658 g/mol. The molecule has 3 heterocycles. The van der Waals surface area contributed by atoms with Gasteiger partial charge in [0.25, 0.3) is 0 Å². The van der Waals surface area contributed by atoms with Crippen LogP contribution in [0, 0.1) is 0 Å². The molecule has 0 fully saturated rings. The van der Waals surface area contributed by atoms with Gasteiger partial charge in [0.15, 0.2) is 23.1 Å². The van der Waals surface area contributed by atoms with E-state index in [2.05, 4.69) is 91.0 Å². The van der Waals surface area contributed by atoms with E-state index < -0.39 is 0 Å². The summed E-state index contributed by atoms with van der Waals surface area (Å²) in [4.78, 5) is 20.4. The van der Waals surface area contributed by atoms with Crippen LogP contribution in [0.5, 0.6) is 0 Å². The minimum Gasteiger partial charge on any atom is -0.436 e. The Hall–Kier alpha value is -6.50. The van der Waals surface area contributed by atoms with Crippen LogP contribution >= 0.6 is 11.3 Å². The third-order valence-corrected chi connectivity index (χ3v) is 10.4. The molecule has 0 radical (unpaired) electrons. The number of aromatic nitrogens is 4. The van der Waals surface area contributed by atoms with E-state index >= 15 is 0 Å². The molecule has 0 atom stereocenters. The maximum absolute atomic E-state index is 6.53. The number of benzene rings is 7. The molecular weight excluding hydrogens is 633 g/mol. The second-order valence-corrected chi connectivity index (χ2v) is 13.3. The zero-order valence-electron chi connectivity index (χ0n) is 26.6. The van der Waals surface area contributed by atoms with E-state index in [9.17, 15) is 0 Å². The van der Waals surface area contributed by atoms with Gasteiger partial charge in [0.1, 0.15) is 5.52 Å². The number of hydrogen-bond donors (Lipinski definition) is 0. The van der Waals surface area contributed by atoms with Crippen molar-refractivity contribution in [2.24, 2.45) is 0 Å². The number of oxazole rings is 1. The average Bonchev–Trinajstić information content (AvgIpc) is 3.80. The van der Waals surface area contributed by atoms with Crippen molar-refractivity contribution in [2.75, 3.05) is 0 Å². The largest absolute Gasteiger partial charge is 0.436 e. The minimum absolute atomic E-state index is 0.604. The van der Waals surface area contributed by atoms with Crippen LogP contribution in [-0.4, -0.2) is 19.9 Å². The SMILES string of the molecule is c1ccc(-c2nc(-c3ccc4ccccc4c3)nc(-c3ccccc3-c3cc4oc(-c5ccccc5)nc4c4c3sc3ccccc34)n2)cc1. The molecule has 7 aromatic carbocycles. The summed E-state index contributed by atoms with van der Waals surface area (Å²) < 4.78 is 8.87. The van der Waals surface area contributed by atoms with Crippen molar-refractivity contribution in [1.29, 1.82) is 0 Å². The van der Waals surface area contributed by atoms with Crippen molar-refractivity contribution in [3.05, 3.63) is 158 Å². The normalized spacial score (nSPS) is 11.6. The van der Waals surface area contributed by atoms with Gasteiger partial charge in [-0.3, -0.25) is 0 Å². The molecule has 5 nitrogen and oxygen atoms in total. The Morgan fingerprint density at radius 1 is 0.440 bits per heavy atom. The van der Waals surface area contributed by atoms with Gasteiger partial charge in [-0.15, -0.1) is 11.3 Å². The molecule has 10 rings (SSSR count). The standard InChI is InChI=1S/C44H26N4OS/c1-3-14-28(15-4-1)41-46-42(31-24-23-27-13-7-8-18-30(27)25-31)48-43(47-41)33-20-10-9-19-32(33)35-26-36-39(45-44(49-36)29-16-5-2-6-17-29)38-34-21-11-12-22-37(34)50-40(35)38/h1-26H. The fraction of sp³-hybridized carbons (Fsp3) is 0. The van der Waals surface area contributed by atoms with Crippen LogP contribution in [0.25, 0.3) is 98.8 Å². The number of thiophene rings is 1. The quantitative estimate of drug-likeness (QED) is 0.184. The van der Waals surface area contributed by atoms with Crippen LogP contribution in [0.4, 0.5) is 0 Å². The summed E-state index contributed by atoms with van der Waals surface area (Å²) in [5.41, 5.74) is 7.38. The van der Waals surface area contributed by atoms with Crippen LogP contribution in [0.15, 0.2) is 162 Å². The third kappa shape index (κ3) is 4.77. The van der Waals surface area contributed by atoms with E-state index in [0.717, 1.165) is 65.3 Å². The summed E-state index contributed by atoms with van der Waals surface area (Å²) in [6.07, 6.45) is 0. The van der Waals surface area contributed by atoms with E-state index in [1.54, 1.807) is 11.3 Å². The number of fused-ring (bicyclic) bond motifs is 6. The van der Waals surface area contributed by atoms with Crippen LogP contribution in [0.3, 0.4) is 0 Å². The lowest BCUT2D eigenvalue weighted by atomic mass is 9.96. The van der Waals surface area contributed by atoms with Gasteiger partial charge in [-0.25, -0.2) is 19.9 Å². The highest BCUT2D eigenvalue weighted by molar-refractivity contribution is 7.26. The predicted octanol–water partition coefficient (Wildman–Crippen LogP) is 11.9. The highest BCUT2D eigenvalue weighted by Gasteiger charge is 2.22. The first kappa shape index (κ1) is 28.5. The Morgan fingerprint density at radius 3 is 1.90 bits per heavy atom. The predicted molar refractivity (Wildman–Crippen MR) is 205 cm³/mol. The maximum atomic E-state index is 6.53. The van der Waals surface area contributed by atoms with E-state index in [-0.39, 0.29) is 0 Å². The molecule has 6 heteroatoms. The Labute approximate surface area is 291 Å². The molecule has 234 valence electrons. The van der Waals surface area contributed by atoms with Crippen LogP contribution in [-0.2, 0) is 0 Å². The lowest BCUT2D eigenvalue weighted by Crippen LogP contribution is -2.01. The van der Waals surface area contributed by atoms with Crippen LogP contribution in [0.1, 0.15) is 0 Å². The summed E-state index contributed by atoms with van der Waals surface area (Å²) in [6, 6.07) is 53.9. The molecule has 0 spiro atoms. The fourth-order valence-electron chi connectivity index (χ4n) is 6.76. The van der Waals surface area contributed by atoms with Crippen molar-refractivity contribution >= 4 is 53.4 Å². The number of nitrogens with zero attached hydrogens (tertiary/aromatic N) is 4. The zero-order chi connectivity index (χ0) is 33.0. The Kier molecular flexibility index (Phi) is 6.60. The van der Waals surface area contributed by atoms with E-state index in [1.165, 1.54) is 10.1 Å². The molecule has 0 saturated carbocycles. The first-order valence-corrected chi connectivity index (χ1v) is 17.3. The molecule has 0 aliphatic heterocycles. The molecule has 0 aliphatic rings. The van der Waals surface area contributed by atoms with Crippen molar-refractivity contribution < 1.29 is 4.42 Å². The molecule has 50 heavy (non-hydrogen) atoms. The molecule has 0 N–H and O–H groups in total. The second kappa shape index (κ2) is 11.6. The minimum atomic E-state index is 0.604. The van der Waals surface area contributed by atoms with Gasteiger partial charge in [0.05, 0.1) is 0 Å².